The molecule has 0 aromatic rings. The van der Waals surface area contributed by atoms with Crippen LogP contribution in [0.5, 0.6) is 0 Å². The van der Waals surface area contributed by atoms with E-state index < -0.39 is 0 Å². The van der Waals surface area contributed by atoms with E-state index in [1.54, 1.807) is 0 Å². The van der Waals surface area contributed by atoms with Gasteiger partial charge in [0.15, 0.2) is 0 Å². The summed E-state index contributed by atoms with van der Waals surface area (Å²) >= 11 is 0. The molecular formula is C30H46N6O6. The molecule has 1 heterocycles. The van der Waals surface area contributed by atoms with Gasteiger partial charge in [-0.25, -0.2) is 0 Å². The molecule has 5 N–H and O–H groups in total. The standard InChI is InChI=1S/C30H46N6O6/c1-4-20-14-29(41)36(30(20)42)13-5-6-26(38)34-15-23(21-7-8-21)33-18-28(40)35-16-24(22-9-10-22)32-17-27(39)31-12-11-25(37)19(2)3/h19-20,32-33H,4-18H2,1-3H3,(H,31,39)(H,34,38)(H,35,40). The molecule has 1 aliphatic heterocycles. The lowest BCUT2D eigenvalue weighted by atomic mass is 10.1. The van der Waals surface area contributed by atoms with Crippen LogP contribution in [-0.4, -0.2) is 79.5 Å². The molecule has 12 nitrogen and oxygen atoms in total. The average molecular weight is 587 g/mol. The molecule has 1 saturated heterocycles. The molecule has 1 atom stereocenters. The van der Waals surface area contributed by atoms with Gasteiger partial charge in [0.05, 0.1) is 26.2 Å². The Bertz CT molecular complexity index is 1120. The van der Waals surface area contributed by atoms with Crippen LogP contribution in [0.3, 0.4) is 0 Å². The number of allylic oxidation sites excluding steroid dienone is 2. The lowest BCUT2D eigenvalue weighted by molar-refractivity contribution is -0.140. The van der Waals surface area contributed by atoms with Crippen LogP contribution in [-0.2, 0) is 28.8 Å². The fourth-order valence-electron chi connectivity index (χ4n) is 4.63. The van der Waals surface area contributed by atoms with Crippen molar-refractivity contribution in [2.24, 2.45) is 11.8 Å². The number of carbonyl (C=O) groups excluding carboxylic acids is 6. The molecule has 3 fully saturated rings. The van der Waals surface area contributed by atoms with Crippen LogP contribution in [0.2, 0.25) is 0 Å². The van der Waals surface area contributed by atoms with Crippen molar-refractivity contribution in [2.75, 3.05) is 39.3 Å². The Hall–Kier alpha value is -3.70. The van der Waals surface area contributed by atoms with E-state index in [2.05, 4.69) is 26.6 Å². The Morgan fingerprint density at radius 1 is 0.762 bits per heavy atom. The highest BCUT2D eigenvalue weighted by molar-refractivity contribution is 6.03. The van der Waals surface area contributed by atoms with Gasteiger partial charge in [0.2, 0.25) is 29.5 Å². The maximum absolute atomic E-state index is 12.5. The van der Waals surface area contributed by atoms with Crippen molar-refractivity contribution in [2.45, 2.75) is 78.6 Å². The van der Waals surface area contributed by atoms with Gasteiger partial charge in [0.25, 0.3) is 0 Å². The van der Waals surface area contributed by atoms with Crippen molar-refractivity contribution in [3.8, 4) is 0 Å². The summed E-state index contributed by atoms with van der Waals surface area (Å²) in [6, 6.07) is 0. The van der Waals surface area contributed by atoms with Crippen LogP contribution in [0, 0.1) is 11.8 Å². The number of likely N-dealkylation sites (tertiary alicyclic amines) is 1. The number of hydrogen-bond acceptors (Lipinski definition) is 8. The van der Waals surface area contributed by atoms with E-state index >= 15 is 0 Å². The number of nitrogens with zero attached hydrogens (tertiary/aromatic N) is 1. The second-order valence-electron chi connectivity index (χ2n) is 11.4. The summed E-state index contributed by atoms with van der Waals surface area (Å²) in [6.07, 6.45) is 5.53. The van der Waals surface area contributed by atoms with Crippen molar-refractivity contribution in [1.82, 2.24) is 31.5 Å². The number of imide groups is 1. The summed E-state index contributed by atoms with van der Waals surface area (Å²) in [5, 5.41) is 14.8. The summed E-state index contributed by atoms with van der Waals surface area (Å²) in [5.41, 5.74) is 4.02. The first-order valence-corrected chi connectivity index (χ1v) is 15.2. The van der Waals surface area contributed by atoms with Gasteiger partial charge >= 0.3 is 0 Å². The maximum Gasteiger partial charge on any atom is 0.239 e. The number of Topliss-reactive ketones (excluding diaryl/α,β-unsaturated/α-hetero) is 1. The summed E-state index contributed by atoms with van der Waals surface area (Å²) in [7, 11) is 0. The molecule has 0 aromatic carbocycles. The predicted octanol–water partition coefficient (Wildman–Crippen LogP) is 0.791. The van der Waals surface area contributed by atoms with Crippen molar-refractivity contribution >= 4 is 35.3 Å². The molecule has 1 unspecified atom stereocenters. The molecule has 232 valence electrons. The number of hydrogen-bond donors (Lipinski definition) is 5. The fraction of sp³-hybridized carbons (Fsp3) is 0.667. The minimum Gasteiger partial charge on any atom is -0.378 e. The van der Waals surface area contributed by atoms with Gasteiger partial charge < -0.3 is 26.6 Å². The molecule has 42 heavy (non-hydrogen) atoms. The number of rotatable bonds is 19. The normalized spacial score (nSPS) is 17.2. The summed E-state index contributed by atoms with van der Waals surface area (Å²) in [6.45, 7) is 6.83. The smallest absolute Gasteiger partial charge is 0.239 e. The first kappa shape index (κ1) is 32.8. The SMILES string of the molecule is CCC1CC(=O)N(CCCC(=O)NCC(NCC(=O)NCC(NCC(=O)NCCC(=O)C(C)C)=C2CC2)=C2CC2)C1=O. The highest BCUT2D eigenvalue weighted by atomic mass is 16.2. The summed E-state index contributed by atoms with van der Waals surface area (Å²) in [5.74, 6) is -1.06. The zero-order valence-electron chi connectivity index (χ0n) is 25.2. The van der Waals surface area contributed by atoms with Gasteiger partial charge in [-0.15, -0.1) is 0 Å². The van der Waals surface area contributed by atoms with E-state index in [0.717, 1.165) is 37.1 Å². The van der Waals surface area contributed by atoms with Gasteiger partial charge in [0.1, 0.15) is 5.78 Å². The van der Waals surface area contributed by atoms with E-state index in [4.69, 9.17) is 0 Å². The molecule has 2 saturated carbocycles. The van der Waals surface area contributed by atoms with Gasteiger partial charge in [-0.2, -0.15) is 0 Å². The number of amides is 5. The molecule has 5 amide bonds. The number of nitrogens with one attached hydrogen (secondary N) is 5. The predicted molar refractivity (Wildman–Crippen MR) is 156 cm³/mol. The lowest BCUT2D eigenvalue weighted by Crippen LogP contribution is -2.40. The molecule has 0 aromatic heterocycles. The number of carbonyl (C=O) groups is 6. The molecule has 2 aliphatic carbocycles. The highest BCUT2D eigenvalue weighted by Crippen LogP contribution is 2.31. The molecule has 3 aliphatic rings. The van der Waals surface area contributed by atoms with Gasteiger partial charge in [0, 0.05) is 55.6 Å². The van der Waals surface area contributed by atoms with E-state index in [1.807, 2.05) is 20.8 Å². The lowest BCUT2D eigenvalue weighted by Gasteiger charge is -2.16. The second-order valence-corrected chi connectivity index (χ2v) is 11.4. The molecule has 0 radical (unpaired) electrons. The molecular weight excluding hydrogens is 540 g/mol. The van der Waals surface area contributed by atoms with Crippen molar-refractivity contribution < 1.29 is 28.8 Å². The quantitative estimate of drug-likeness (QED) is 0.139. The van der Waals surface area contributed by atoms with Crippen molar-refractivity contribution in [3.05, 3.63) is 22.5 Å². The fourth-order valence-corrected chi connectivity index (χ4v) is 4.63. The maximum atomic E-state index is 12.5. The van der Waals surface area contributed by atoms with Gasteiger partial charge in [-0.1, -0.05) is 20.8 Å². The van der Waals surface area contributed by atoms with E-state index in [1.165, 1.54) is 16.0 Å². The van der Waals surface area contributed by atoms with Crippen LogP contribution in [0.4, 0.5) is 0 Å². The second kappa shape index (κ2) is 16.1. The zero-order chi connectivity index (χ0) is 30.6. The Balaban J connectivity index is 1.31. The Kier molecular flexibility index (Phi) is 12.6. The monoisotopic (exact) mass is 586 g/mol. The molecule has 0 bridgehead atoms. The van der Waals surface area contributed by atoms with Crippen LogP contribution in [0.1, 0.15) is 78.6 Å². The van der Waals surface area contributed by atoms with Crippen molar-refractivity contribution in [3.63, 3.8) is 0 Å². The zero-order valence-corrected chi connectivity index (χ0v) is 25.2. The third-order valence-electron chi connectivity index (χ3n) is 7.66. The Morgan fingerprint density at radius 3 is 1.81 bits per heavy atom. The van der Waals surface area contributed by atoms with E-state index in [0.29, 0.717) is 32.4 Å². The minimum absolute atomic E-state index is 0.0499. The Morgan fingerprint density at radius 2 is 1.31 bits per heavy atom. The van der Waals surface area contributed by atoms with Crippen LogP contribution in [0.25, 0.3) is 0 Å². The van der Waals surface area contributed by atoms with Gasteiger partial charge in [-0.05, 0) is 49.7 Å². The van der Waals surface area contributed by atoms with Crippen LogP contribution in [0.15, 0.2) is 22.5 Å². The molecule has 12 heteroatoms. The topological polar surface area (TPSA) is 166 Å². The third-order valence-corrected chi connectivity index (χ3v) is 7.66. The average Bonchev–Trinajstić information content (AvgIpc) is 3.88. The molecule has 3 rings (SSSR count). The van der Waals surface area contributed by atoms with E-state index in [9.17, 15) is 28.8 Å². The van der Waals surface area contributed by atoms with Crippen molar-refractivity contribution in [1.29, 1.82) is 0 Å². The third kappa shape index (κ3) is 10.9. The summed E-state index contributed by atoms with van der Waals surface area (Å²) in [4.78, 5) is 74.3. The van der Waals surface area contributed by atoms with Gasteiger partial charge in [-0.3, -0.25) is 33.7 Å². The largest absolute Gasteiger partial charge is 0.378 e. The molecule has 0 spiro atoms. The first-order valence-electron chi connectivity index (χ1n) is 15.2. The van der Waals surface area contributed by atoms with Crippen LogP contribution >= 0.6 is 0 Å². The minimum atomic E-state index is -0.236. The van der Waals surface area contributed by atoms with Crippen LogP contribution < -0.4 is 26.6 Å². The first-order chi connectivity index (χ1) is 20.1. The highest BCUT2D eigenvalue weighted by Gasteiger charge is 2.36. The number of ketones is 1. The summed E-state index contributed by atoms with van der Waals surface area (Å²) < 4.78 is 0. The Labute approximate surface area is 247 Å². The van der Waals surface area contributed by atoms with E-state index in [-0.39, 0.29) is 86.2 Å².